The molecule has 4 heteroatoms. The van der Waals surface area contributed by atoms with Crippen molar-refractivity contribution in [3.8, 4) is 0 Å². The van der Waals surface area contributed by atoms with E-state index in [2.05, 4.69) is 0 Å². The number of carbonyl (C=O) groups excluding carboxylic acids is 2. The molecule has 0 aromatic carbocycles. The van der Waals surface area contributed by atoms with Crippen molar-refractivity contribution >= 4 is 11.8 Å². The zero-order chi connectivity index (χ0) is 10.9. The minimum Gasteiger partial charge on any atom is -0.328 e. The minimum atomic E-state index is -0.171. The molecule has 3 unspecified atom stereocenters. The number of nitrogens with two attached hydrogens (primary N) is 1. The smallest absolute Gasteiger partial charge is 0.232 e. The molecule has 2 amide bonds. The summed E-state index contributed by atoms with van der Waals surface area (Å²) in [5.74, 6) is -0.447. The fourth-order valence-corrected chi connectivity index (χ4v) is 1.58. The van der Waals surface area contributed by atoms with E-state index in [4.69, 9.17) is 5.73 Å². The summed E-state index contributed by atoms with van der Waals surface area (Å²) >= 11 is 0. The van der Waals surface area contributed by atoms with E-state index in [0.717, 1.165) is 0 Å². The maximum absolute atomic E-state index is 11.6. The minimum absolute atomic E-state index is 0.0295. The molecular formula is C10H18N2O2. The number of hydrogen-bond acceptors (Lipinski definition) is 3. The van der Waals surface area contributed by atoms with E-state index in [0.29, 0.717) is 13.0 Å². The zero-order valence-corrected chi connectivity index (χ0v) is 8.99. The van der Waals surface area contributed by atoms with Gasteiger partial charge in [0.1, 0.15) is 0 Å². The number of likely N-dealkylation sites (tertiary alicyclic amines) is 1. The molecule has 1 aliphatic heterocycles. The first-order chi connectivity index (χ1) is 6.45. The quantitative estimate of drug-likeness (QED) is 0.666. The lowest BCUT2D eigenvalue weighted by Gasteiger charge is -2.15. The summed E-state index contributed by atoms with van der Waals surface area (Å²) in [4.78, 5) is 24.6. The molecule has 1 heterocycles. The molecule has 0 aliphatic carbocycles. The van der Waals surface area contributed by atoms with Crippen LogP contribution in [0.4, 0.5) is 0 Å². The van der Waals surface area contributed by atoms with Crippen LogP contribution in [0.25, 0.3) is 0 Å². The molecule has 3 atom stereocenters. The summed E-state index contributed by atoms with van der Waals surface area (Å²) in [6.07, 6.45) is 0.678. The molecule has 1 aliphatic rings. The molecule has 1 saturated heterocycles. The second-order valence-electron chi connectivity index (χ2n) is 4.17. The van der Waals surface area contributed by atoms with Gasteiger partial charge in [-0.25, -0.2) is 0 Å². The molecule has 1 rings (SSSR count). The highest BCUT2D eigenvalue weighted by Crippen LogP contribution is 2.25. The third-order valence-electron chi connectivity index (χ3n) is 2.87. The van der Waals surface area contributed by atoms with Gasteiger partial charge in [-0.15, -0.1) is 0 Å². The van der Waals surface area contributed by atoms with Gasteiger partial charge in [0.05, 0.1) is 0 Å². The van der Waals surface area contributed by atoms with Gasteiger partial charge in [0.2, 0.25) is 11.8 Å². The molecule has 0 saturated carbocycles. The Bertz CT molecular complexity index is 231. The first kappa shape index (κ1) is 11.2. The van der Waals surface area contributed by atoms with Crippen LogP contribution in [0.3, 0.4) is 0 Å². The SMILES string of the molecule is CC(N)CCN1C(=O)C(C)C(C)C1=O. The van der Waals surface area contributed by atoms with Crippen molar-refractivity contribution in [2.24, 2.45) is 17.6 Å². The fourth-order valence-electron chi connectivity index (χ4n) is 1.58. The Morgan fingerprint density at radius 2 is 1.71 bits per heavy atom. The highest BCUT2D eigenvalue weighted by atomic mass is 16.2. The average Bonchev–Trinajstić information content (AvgIpc) is 2.29. The molecule has 80 valence electrons. The number of hydrogen-bond donors (Lipinski definition) is 1. The number of carbonyl (C=O) groups is 2. The van der Waals surface area contributed by atoms with E-state index in [1.165, 1.54) is 4.90 Å². The van der Waals surface area contributed by atoms with E-state index in [9.17, 15) is 9.59 Å². The average molecular weight is 198 g/mol. The Balaban J connectivity index is 2.61. The third kappa shape index (κ3) is 1.95. The molecule has 0 radical (unpaired) electrons. The molecule has 1 fully saturated rings. The van der Waals surface area contributed by atoms with Crippen LogP contribution in [0.15, 0.2) is 0 Å². The molecule has 2 N–H and O–H groups in total. The maximum Gasteiger partial charge on any atom is 0.232 e. The van der Waals surface area contributed by atoms with Gasteiger partial charge in [0.25, 0.3) is 0 Å². The summed E-state index contributed by atoms with van der Waals surface area (Å²) in [5.41, 5.74) is 5.58. The van der Waals surface area contributed by atoms with Crippen LogP contribution in [0, 0.1) is 11.8 Å². The Labute approximate surface area is 84.4 Å². The van der Waals surface area contributed by atoms with Crippen LogP contribution in [-0.4, -0.2) is 29.3 Å². The highest BCUT2D eigenvalue weighted by molar-refractivity contribution is 6.04. The van der Waals surface area contributed by atoms with Gasteiger partial charge in [-0.1, -0.05) is 13.8 Å². The summed E-state index contributed by atoms with van der Waals surface area (Å²) in [7, 11) is 0. The van der Waals surface area contributed by atoms with Crippen molar-refractivity contribution in [2.75, 3.05) is 6.54 Å². The van der Waals surface area contributed by atoms with E-state index in [1.54, 1.807) is 13.8 Å². The monoisotopic (exact) mass is 198 g/mol. The zero-order valence-electron chi connectivity index (χ0n) is 8.99. The van der Waals surface area contributed by atoms with E-state index >= 15 is 0 Å². The summed E-state index contributed by atoms with van der Waals surface area (Å²) in [5, 5.41) is 0. The van der Waals surface area contributed by atoms with Gasteiger partial charge in [-0.05, 0) is 13.3 Å². The van der Waals surface area contributed by atoms with E-state index < -0.39 is 0 Å². The van der Waals surface area contributed by atoms with Gasteiger partial charge < -0.3 is 5.73 Å². The van der Waals surface area contributed by atoms with Crippen molar-refractivity contribution < 1.29 is 9.59 Å². The third-order valence-corrected chi connectivity index (χ3v) is 2.87. The molecule has 14 heavy (non-hydrogen) atoms. The van der Waals surface area contributed by atoms with Crippen molar-refractivity contribution in [3.05, 3.63) is 0 Å². The van der Waals surface area contributed by atoms with Crippen molar-refractivity contribution in [1.82, 2.24) is 4.90 Å². The number of imide groups is 1. The second-order valence-corrected chi connectivity index (χ2v) is 4.17. The first-order valence-corrected chi connectivity index (χ1v) is 5.06. The van der Waals surface area contributed by atoms with Crippen LogP contribution in [0.5, 0.6) is 0 Å². The Morgan fingerprint density at radius 1 is 1.29 bits per heavy atom. The van der Waals surface area contributed by atoms with Crippen molar-refractivity contribution in [3.63, 3.8) is 0 Å². The largest absolute Gasteiger partial charge is 0.328 e. The van der Waals surface area contributed by atoms with E-state index in [-0.39, 0.29) is 29.7 Å². The van der Waals surface area contributed by atoms with Gasteiger partial charge in [-0.2, -0.15) is 0 Å². The summed E-state index contributed by atoms with van der Waals surface area (Å²) in [6, 6.07) is 0.0295. The van der Waals surface area contributed by atoms with Crippen LogP contribution in [-0.2, 0) is 9.59 Å². The Hall–Kier alpha value is -0.900. The van der Waals surface area contributed by atoms with Gasteiger partial charge in [0, 0.05) is 24.4 Å². The molecule has 0 spiro atoms. The lowest BCUT2D eigenvalue weighted by Crippen LogP contribution is -2.34. The molecule has 0 bridgehead atoms. The summed E-state index contributed by atoms with van der Waals surface area (Å²) < 4.78 is 0. The van der Waals surface area contributed by atoms with Gasteiger partial charge in [0.15, 0.2) is 0 Å². The predicted molar refractivity (Wildman–Crippen MR) is 53.3 cm³/mol. The number of amides is 2. The number of nitrogens with zero attached hydrogens (tertiary/aromatic N) is 1. The second kappa shape index (κ2) is 4.09. The maximum atomic E-state index is 11.6. The van der Waals surface area contributed by atoms with Crippen molar-refractivity contribution in [2.45, 2.75) is 33.2 Å². The summed E-state index contributed by atoms with van der Waals surface area (Å²) in [6.45, 7) is 5.94. The lowest BCUT2D eigenvalue weighted by molar-refractivity contribution is -0.139. The molecule has 0 aromatic heterocycles. The van der Waals surface area contributed by atoms with Crippen LogP contribution in [0.2, 0.25) is 0 Å². The van der Waals surface area contributed by atoms with Gasteiger partial charge in [-0.3, -0.25) is 14.5 Å². The van der Waals surface area contributed by atoms with Crippen LogP contribution in [0.1, 0.15) is 27.2 Å². The van der Waals surface area contributed by atoms with Crippen LogP contribution < -0.4 is 5.73 Å². The van der Waals surface area contributed by atoms with Crippen molar-refractivity contribution in [1.29, 1.82) is 0 Å². The van der Waals surface area contributed by atoms with Gasteiger partial charge >= 0.3 is 0 Å². The Morgan fingerprint density at radius 3 is 2.07 bits per heavy atom. The first-order valence-electron chi connectivity index (χ1n) is 5.06. The number of rotatable bonds is 3. The molecule has 4 nitrogen and oxygen atoms in total. The highest BCUT2D eigenvalue weighted by Gasteiger charge is 2.41. The van der Waals surface area contributed by atoms with E-state index in [1.807, 2.05) is 6.92 Å². The van der Waals surface area contributed by atoms with Crippen LogP contribution >= 0.6 is 0 Å². The normalized spacial score (nSPS) is 29.9. The standard InChI is InChI=1S/C10H18N2O2/c1-6(11)4-5-12-9(13)7(2)8(3)10(12)14/h6-8H,4-5,11H2,1-3H3. The molecular weight excluding hydrogens is 180 g/mol. The fraction of sp³-hybridized carbons (Fsp3) is 0.800. The molecule has 0 aromatic rings. The Kier molecular flexibility index (Phi) is 3.26. The lowest BCUT2D eigenvalue weighted by atomic mass is 10.00. The topological polar surface area (TPSA) is 63.4 Å². The predicted octanol–water partition coefficient (Wildman–Crippen LogP) is 0.365.